The number of rotatable bonds is 5. The maximum atomic E-state index is 5.96. The van der Waals surface area contributed by atoms with E-state index in [1.165, 1.54) is 31.2 Å². The molecule has 1 saturated carbocycles. The van der Waals surface area contributed by atoms with E-state index in [-0.39, 0.29) is 0 Å². The van der Waals surface area contributed by atoms with Crippen LogP contribution in [0.3, 0.4) is 0 Å². The predicted molar refractivity (Wildman–Crippen MR) is 80.7 cm³/mol. The lowest BCUT2D eigenvalue weighted by Gasteiger charge is -2.34. The van der Waals surface area contributed by atoms with Crippen molar-refractivity contribution in [3.63, 3.8) is 0 Å². The summed E-state index contributed by atoms with van der Waals surface area (Å²) in [5.41, 5.74) is 1.31. The summed E-state index contributed by atoms with van der Waals surface area (Å²) in [6, 6.07) is 9.03. The van der Waals surface area contributed by atoms with Crippen LogP contribution in [0, 0.1) is 0 Å². The minimum atomic E-state index is 0.357. The molecule has 2 nitrogen and oxygen atoms in total. The molecule has 1 fully saturated rings. The SMILES string of the molecule is CCC(NC1CCCCC1OC)c1ccc(Cl)cc1. The molecule has 1 N–H and O–H groups in total. The van der Waals surface area contributed by atoms with Gasteiger partial charge in [-0.3, -0.25) is 0 Å². The van der Waals surface area contributed by atoms with E-state index < -0.39 is 0 Å². The Labute approximate surface area is 121 Å². The van der Waals surface area contributed by atoms with Crippen molar-refractivity contribution in [2.24, 2.45) is 0 Å². The molecule has 0 amide bonds. The molecule has 0 aromatic heterocycles. The molecule has 1 aliphatic rings. The van der Waals surface area contributed by atoms with Crippen LogP contribution in [0.25, 0.3) is 0 Å². The molecule has 3 unspecified atom stereocenters. The molecule has 19 heavy (non-hydrogen) atoms. The van der Waals surface area contributed by atoms with Crippen molar-refractivity contribution in [3.05, 3.63) is 34.9 Å². The van der Waals surface area contributed by atoms with Gasteiger partial charge in [0.25, 0.3) is 0 Å². The second-order valence-electron chi connectivity index (χ2n) is 5.34. The van der Waals surface area contributed by atoms with Crippen molar-refractivity contribution in [1.29, 1.82) is 0 Å². The number of nitrogens with one attached hydrogen (secondary N) is 1. The molecule has 0 aliphatic heterocycles. The molecule has 0 saturated heterocycles. The Bertz CT molecular complexity index is 379. The lowest BCUT2D eigenvalue weighted by molar-refractivity contribution is 0.0374. The third-order valence-electron chi connectivity index (χ3n) is 4.10. The van der Waals surface area contributed by atoms with E-state index in [0.29, 0.717) is 18.2 Å². The Morgan fingerprint density at radius 1 is 1.26 bits per heavy atom. The third-order valence-corrected chi connectivity index (χ3v) is 4.35. The fraction of sp³-hybridized carbons (Fsp3) is 0.625. The van der Waals surface area contributed by atoms with Crippen LogP contribution in [0.15, 0.2) is 24.3 Å². The Hall–Kier alpha value is -0.570. The van der Waals surface area contributed by atoms with E-state index in [2.05, 4.69) is 24.4 Å². The van der Waals surface area contributed by atoms with E-state index in [1.54, 1.807) is 0 Å². The van der Waals surface area contributed by atoms with Crippen molar-refractivity contribution in [2.45, 2.75) is 57.2 Å². The van der Waals surface area contributed by atoms with Crippen LogP contribution in [0.2, 0.25) is 5.02 Å². The monoisotopic (exact) mass is 281 g/mol. The largest absolute Gasteiger partial charge is 0.380 e. The second kappa shape index (κ2) is 7.28. The van der Waals surface area contributed by atoms with Crippen LogP contribution < -0.4 is 5.32 Å². The third kappa shape index (κ3) is 3.95. The molecule has 2 rings (SSSR count). The number of ether oxygens (including phenoxy) is 1. The number of methoxy groups -OCH3 is 1. The van der Waals surface area contributed by atoms with Gasteiger partial charge in [-0.2, -0.15) is 0 Å². The maximum Gasteiger partial charge on any atom is 0.0724 e. The summed E-state index contributed by atoms with van der Waals surface area (Å²) < 4.78 is 5.62. The molecule has 1 aromatic carbocycles. The van der Waals surface area contributed by atoms with Crippen LogP contribution >= 0.6 is 11.6 Å². The van der Waals surface area contributed by atoms with Crippen LogP contribution in [-0.4, -0.2) is 19.3 Å². The first-order valence-corrected chi connectivity index (χ1v) is 7.66. The number of hydrogen-bond acceptors (Lipinski definition) is 2. The zero-order chi connectivity index (χ0) is 13.7. The van der Waals surface area contributed by atoms with Gasteiger partial charge >= 0.3 is 0 Å². The van der Waals surface area contributed by atoms with E-state index in [1.807, 2.05) is 19.2 Å². The molecule has 0 heterocycles. The summed E-state index contributed by atoms with van der Waals surface area (Å²) in [6.45, 7) is 2.22. The highest BCUT2D eigenvalue weighted by atomic mass is 35.5. The van der Waals surface area contributed by atoms with E-state index >= 15 is 0 Å². The first-order chi connectivity index (χ1) is 9.24. The molecule has 106 valence electrons. The minimum Gasteiger partial charge on any atom is -0.380 e. The Balaban J connectivity index is 2.03. The Kier molecular flexibility index (Phi) is 5.68. The molecular weight excluding hydrogens is 258 g/mol. The molecule has 3 atom stereocenters. The van der Waals surface area contributed by atoms with Gasteiger partial charge in [0, 0.05) is 24.2 Å². The zero-order valence-electron chi connectivity index (χ0n) is 11.9. The first-order valence-electron chi connectivity index (χ1n) is 7.29. The molecule has 0 radical (unpaired) electrons. The summed E-state index contributed by atoms with van der Waals surface area (Å²) in [6.07, 6.45) is 6.40. The van der Waals surface area contributed by atoms with E-state index in [4.69, 9.17) is 16.3 Å². The quantitative estimate of drug-likeness (QED) is 0.867. The average Bonchev–Trinajstić information content (AvgIpc) is 2.46. The first kappa shape index (κ1) is 14.8. The van der Waals surface area contributed by atoms with Crippen LogP contribution in [-0.2, 0) is 4.74 Å². The van der Waals surface area contributed by atoms with Crippen LogP contribution in [0.4, 0.5) is 0 Å². The van der Waals surface area contributed by atoms with Gasteiger partial charge in [0.2, 0.25) is 0 Å². The summed E-state index contributed by atoms with van der Waals surface area (Å²) in [5.74, 6) is 0. The average molecular weight is 282 g/mol. The van der Waals surface area contributed by atoms with Crippen LogP contribution in [0.5, 0.6) is 0 Å². The van der Waals surface area contributed by atoms with Crippen molar-refractivity contribution in [2.75, 3.05) is 7.11 Å². The summed E-state index contributed by atoms with van der Waals surface area (Å²) in [7, 11) is 1.83. The molecule has 3 heteroatoms. The molecule has 0 spiro atoms. The fourth-order valence-electron chi connectivity index (χ4n) is 2.97. The smallest absolute Gasteiger partial charge is 0.0724 e. The van der Waals surface area contributed by atoms with Gasteiger partial charge in [-0.25, -0.2) is 0 Å². The zero-order valence-corrected chi connectivity index (χ0v) is 12.6. The summed E-state index contributed by atoms with van der Waals surface area (Å²) in [4.78, 5) is 0. The van der Waals surface area contributed by atoms with E-state index in [0.717, 1.165) is 11.4 Å². The Morgan fingerprint density at radius 3 is 2.58 bits per heavy atom. The number of benzene rings is 1. The fourth-order valence-corrected chi connectivity index (χ4v) is 3.10. The van der Waals surface area contributed by atoms with Crippen molar-refractivity contribution in [3.8, 4) is 0 Å². The highest BCUT2D eigenvalue weighted by molar-refractivity contribution is 6.30. The topological polar surface area (TPSA) is 21.3 Å². The normalized spacial score (nSPS) is 25.2. The summed E-state index contributed by atoms with van der Waals surface area (Å²) in [5, 5.41) is 4.57. The van der Waals surface area contributed by atoms with Gasteiger partial charge in [0.15, 0.2) is 0 Å². The van der Waals surface area contributed by atoms with Gasteiger partial charge in [0.05, 0.1) is 6.10 Å². The highest BCUT2D eigenvalue weighted by Crippen LogP contribution is 2.26. The Morgan fingerprint density at radius 2 is 1.95 bits per heavy atom. The van der Waals surface area contributed by atoms with Gasteiger partial charge in [-0.15, -0.1) is 0 Å². The maximum absolute atomic E-state index is 5.96. The van der Waals surface area contributed by atoms with Crippen molar-refractivity contribution < 1.29 is 4.74 Å². The lowest BCUT2D eigenvalue weighted by Crippen LogP contribution is -2.44. The molecular formula is C16H24ClNO. The molecule has 0 bridgehead atoms. The van der Waals surface area contributed by atoms with Crippen molar-refractivity contribution in [1.82, 2.24) is 5.32 Å². The number of hydrogen-bond donors (Lipinski definition) is 1. The van der Waals surface area contributed by atoms with E-state index in [9.17, 15) is 0 Å². The van der Waals surface area contributed by atoms with Gasteiger partial charge in [-0.1, -0.05) is 43.5 Å². The van der Waals surface area contributed by atoms with Gasteiger partial charge in [0.1, 0.15) is 0 Å². The standard InChI is InChI=1S/C16H24ClNO/c1-3-14(12-8-10-13(17)11-9-12)18-15-6-4-5-7-16(15)19-2/h8-11,14-16,18H,3-7H2,1-2H3. The van der Waals surface area contributed by atoms with Gasteiger partial charge < -0.3 is 10.1 Å². The predicted octanol–water partition coefficient (Wildman–Crippen LogP) is 4.34. The number of halogens is 1. The highest BCUT2D eigenvalue weighted by Gasteiger charge is 2.26. The minimum absolute atomic E-state index is 0.357. The lowest BCUT2D eigenvalue weighted by atomic mass is 9.91. The molecule has 1 aliphatic carbocycles. The van der Waals surface area contributed by atoms with Crippen LogP contribution in [0.1, 0.15) is 50.6 Å². The molecule has 1 aromatic rings. The van der Waals surface area contributed by atoms with Gasteiger partial charge in [-0.05, 0) is 37.0 Å². The summed E-state index contributed by atoms with van der Waals surface area (Å²) >= 11 is 5.96. The van der Waals surface area contributed by atoms with Crippen molar-refractivity contribution >= 4 is 11.6 Å². The second-order valence-corrected chi connectivity index (χ2v) is 5.78.